The largest absolute Gasteiger partial charge is 0.489 e. The molecule has 1 atom stereocenters. The number of nitrogens with two attached hydrogens (primary N) is 2. The molecule has 4 rings (SSSR count). The molecule has 0 bridgehead atoms. The number of H-pyrrole nitrogens is 1. The lowest BCUT2D eigenvalue weighted by Gasteiger charge is -2.16. The Hall–Kier alpha value is -2.87. The molecule has 3 heterocycles. The summed E-state index contributed by atoms with van der Waals surface area (Å²) in [5, 5.41) is 0. The molecule has 1 aromatic carbocycles. The average Bonchev–Trinajstić information content (AvgIpc) is 3.21. The molecule has 0 spiro atoms. The van der Waals surface area contributed by atoms with Crippen molar-refractivity contribution in [2.45, 2.75) is 26.4 Å². The Morgan fingerprint density at radius 1 is 1.27 bits per heavy atom. The minimum Gasteiger partial charge on any atom is -0.489 e. The summed E-state index contributed by atoms with van der Waals surface area (Å²) in [6, 6.07) is 6.02. The molecule has 1 saturated heterocycles. The summed E-state index contributed by atoms with van der Waals surface area (Å²) in [4.78, 5) is 18.2. The fourth-order valence-corrected chi connectivity index (χ4v) is 3.42. The molecule has 8 heteroatoms. The summed E-state index contributed by atoms with van der Waals surface area (Å²) < 4.78 is 6.14. The summed E-state index contributed by atoms with van der Waals surface area (Å²) in [7, 11) is 0. The Balaban J connectivity index is 1.59. The van der Waals surface area contributed by atoms with E-state index in [-0.39, 0.29) is 17.9 Å². The fraction of sp³-hybridized carbons (Fsp3) is 0.389. The van der Waals surface area contributed by atoms with E-state index in [2.05, 4.69) is 31.8 Å². The van der Waals surface area contributed by atoms with Crippen LogP contribution < -0.4 is 16.2 Å². The van der Waals surface area contributed by atoms with Crippen molar-refractivity contribution in [1.29, 1.82) is 0 Å². The van der Waals surface area contributed by atoms with E-state index >= 15 is 0 Å². The number of nitrogen functional groups attached to an aromatic ring is 2. The predicted octanol–water partition coefficient (Wildman–Crippen LogP) is 1.97. The van der Waals surface area contributed by atoms with Gasteiger partial charge in [-0.15, -0.1) is 0 Å². The highest BCUT2D eigenvalue weighted by atomic mass is 16.5. The van der Waals surface area contributed by atoms with E-state index in [0.717, 1.165) is 42.9 Å². The second-order valence-corrected chi connectivity index (χ2v) is 6.65. The monoisotopic (exact) mass is 353 g/mol. The van der Waals surface area contributed by atoms with E-state index in [1.807, 2.05) is 25.1 Å². The van der Waals surface area contributed by atoms with Gasteiger partial charge in [-0.2, -0.15) is 9.97 Å². The number of hydrogen-bond acceptors (Lipinski definition) is 7. The lowest BCUT2D eigenvalue weighted by atomic mass is 10.1. The van der Waals surface area contributed by atoms with Crippen LogP contribution in [0.15, 0.2) is 18.2 Å². The van der Waals surface area contributed by atoms with Crippen LogP contribution in [0, 0.1) is 6.92 Å². The van der Waals surface area contributed by atoms with Gasteiger partial charge in [0.25, 0.3) is 0 Å². The number of imidazole rings is 1. The molecule has 1 aliphatic rings. The highest BCUT2D eigenvalue weighted by Gasteiger charge is 2.23. The van der Waals surface area contributed by atoms with Gasteiger partial charge in [0, 0.05) is 18.7 Å². The minimum atomic E-state index is 0.128. The Morgan fingerprint density at radius 3 is 2.85 bits per heavy atom. The number of likely N-dealkylation sites (N-methyl/N-ethyl adjacent to an activating group) is 1. The van der Waals surface area contributed by atoms with Gasteiger partial charge in [-0.05, 0) is 43.7 Å². The molecule has 1 fully saturated rings. The van der Waals surface area contributed by atoms with Gasteiger partial charge in [0.05, 0.1) is 0 Å². The van der Waals surface area contributed by atoms with Crippen molar-refractivity contribution < 1.29 is 4.74 Å². The molecule has 26 heavy (non-hydrogen) atoms. The van der Waals surface area contributed by atoms with Gasteiger partial charge in [0.1, 0.15) is 17.7 Å². The summed E-state index contributed by atoms with van der Waals surface area (Å²) in [5.41, 5.74) is 14.6. The van der Waals surface area contributed by atoms with Crippen molar-refractivity contribution in [3.8, 4) is 17.1 Å². The van der Waals surface area contributed by atoms with E-state index in [9.17, 15) is 0 Å². The molecule has 0 amide bonds. The summed E-state index contributed by atoms with van der Waals surface area (Å²) >= 11 is 0. The number of aryl methyl sites for hydroxylation is 1. The SMILES string of the molecule is CCN1CCC(Oc2ccc(-c3nc4c(N)nc(N)nc4[nH]3)c(C)c2)C1. The summed E-state index contributed by atoms with van der Waals surface area (Å²) in [6.07, 6.45) is 1.32. The topological polar surface area (TPSA) is 119 Å². The molecule has 1 unspecified atom stereocenters. The lowest BCUT2D eigenvalue weighted by Crippen LogP contribution is -2.24. The maximum absolute atomic E-state index is 6.14. The summed E-state index contributed by atoms with van der Waals surface area (Å²) in [6.45, 7) is 7.37. The van der Waals surface area contributed by atoms with Crippen LogP contribution >= 0.6 is 0 Å². The zero-order valence-electron chi connectivity index (χ0n) is 15.0. The number of hydrogen-bond donors (Lipinski definition) is 3. The number of anilines is 2. The highest BCUT2D eigenvalue weighted by molar-refractivity contribution is 5.85. The van der Waals surface area contributed by atoms with Crippen LogP contribution in [0.3, 0.4) is 0 Å². The van der Waals surface area contributed by atoms with E-state index in [0.29, 0.717) is 17.0 Å². The van der Waals surface area contributed by atoms with Crippen molar-refractivity contribution in [1.82, 2.24) is 24.8 Å². The van der Waals surface area contributed by atoms with Crippen LogP contribution in [-0.2, 0) is 0 Å². The van der Waals surface area contributed by atoms with E-state index < -0.39 is 0 Å². The van der Waals surface area contributed by atoms with Gasteiger partial charge in [-0.25, -0.2) is 4.98 Å². The van der Waals surface area contributed by atoms with E-state index in [1.165, 1.54) is 0 Å². The zero-order chi connectivity index (χ0) is 18.3. The van der Waals surface area contributed by atoms with Crippen molar-refractivity contribution in [3.63, 3.8) is 0 Å². The van der Waals surface area contributed by atoms with Crippen molar-refractivity contribution in [3.05, 3.63) is 23.8 Å². The maximum Gasteiger partial charge on any atom is 0.224 e. The molecule has 2 aromatic heterocycles. The molecule has 0 saturated carbocycles. The smallest absolute Gasteiger partial charge is 0.224 e. The van der Waals surface area contributed by atoms with Gasteiger partial charge < -0.3 is 21.2 Å². The average molecular weight is 353 g/mol. The summed E-state index contributed by atoms with van der Waals surface area (Å²) in [5.74, 6) is 1.97. The molecule has 3 aromatic rings. The molecule has 8 nitrogen and oxygen atoms in total. The number of ether oxygens (including phenoxy) is 1. The number of aromatic amines is 1. The van der Waals surface area contributed by atoms with Crippen molar-refractivity contribution >= 4 is 22.9 Å². The Kier molecular flexibility index (Phi) is 4.12. The highest BCUT2D eigenvalue weighted by Crippen LogP contribution is 2.28. The molecule has 0 aliphatic carbocycles. The van der Waals surface area contributed by atoms with Crippen LogP contribution in [0.1, 0.15) is 18.9 Å². The van der Waals surface area contributed by atoms with E-state index in [4.69, 9.17) is 16.2 Å². The normalized spacial score (nSPS) is 17.8. The van der Waals surface area contributed by atoms with Gasteiger partial charge in [0.2, 0.25) is 5.95 Å². The first-order valence-electron chi connectivity index (χ1n) is 8.82. The standard InChI is InChI=1S/C18H23N7O/c1-3-25-7-6-12(9-25)26-11-4-5-13(10(2)8-11)16-21-14-15(19)22-18(20)24-17(14)23-16/h4-5,8,12H,3,6-7,9H2,1-2H3,(H5,19,20,21,22,23,24). The third-order valence-corrected chi connectivity index (χ3v) is 4.82. The van der Waals surface area contributed by atoms with Crippen molar-refractivity contribution in [2.24, 2.45) is 0 Å². The molecule has 5 N–H and O–H groups in total. The zero-order valence-corrected chi connectivity index (χ0v) is 15.0. The second kappa shape index (κ2) is 6.45. The number of benzene rings is 1. The van der Waals surface area contributed by atoms with Crippen LogP contribution in [0.4, 0.5) is 11.8 Å². The van der Waals surface area contributed by atoms with E-state index in [1.54, 1.807) is 0 Å². The molecule has 1 aliphatic heterocycles. The number of nitrogens with zero attached hydrogens (tertiary/aromatic N) is 4. The Bertz CT molecular complexity index is 952. The number of likely N-dealkylation sites (tertiary alicyclic amines) is 1. The second-order valence-electron chi connectivity index (χ2n) is 6.65. The van der Waals surface area contributed by atoms with Gasteiger partial charge in [-0.3, -0.25) is 4.90 Å². The first-order chi connectivity index (χ1) is 12.5. The Labute approximate surface area is 151 Å². The molecule has 0 radical (unpaired) electrons. The molecule has 136 valence electrons. The first kappa shape index (κ1) is 16.6. The minimum absolute atomic E-state index is 0.128. The number of rotatable bonds is 4. The van der Waals surface area contributed by atoms with Crippen LogP contribution in [-0.4, -0.2) is 50.6 Å². The third-order valence-electron chi connectivity index (χ3n) is 4.82. The number of fused-ring (bicyclic) bond motifs is 1. The number of aromatic nitrogens is 4. The van der Waals surface area contributed by atoms with Crippen molar-refractivity contribution in [2.75, 3.05) is 31.1 Å². The first-order valence-corrected chi connectivity index (χ1v) is 8.82. The lowest BCUT2D eigenvalue weighted by molar-refractivity contribution is 0.202. The fourth-order valence-electron chi connectivity index (χ4n) is 3.42. The third kappa shape index (κ3) is 3.03. The quantitative estimate of drug-likeness (QED) is 0.656. The van der Waals surface area contributed by atoms with Crippen LogP contribution in [0.2, 0.25) is 0 Å². The number of nitrogens with one attached hydrogen (secondary N) is 1. The van der Waals surface area contributed by atoms with Crippen LogP contribution in [0.25, 0.3) is 22.6 Å². The molecular formula is C18H23N7O. The Morgan fingerprint density at radius 2 is 2.12 bits per heavy atom. The van der Waals surface area contributed by atoms with Gasteiger partial charge >= 0.3 is 0 Å². The van der Waals surface area contributed by atoms with Crippen LogP contribution in [0.5, 0.6) is 5.75 Å². The molecular weight excluding hydrogens is 330 g/mol. The maximum atomic E-state index is 6.14. The van der Waals surface area contributed by atoms with Gasteiger partial charge in [-0.1, -0.05) is 6.92 Å². The predicted molar refractivity (Wildman–Crippen MR) is 102 cm³/mol. The van der Waals surface area contributed by atoms with Gasteiger partial charge in [0.15, 0.2) is 17.0 Å².